The van der Waals surface area contributed by atoms with E-state index in [0.717, 1.165) is 93.9 Å². The number of para-hydroxylation sites is 2. The Kier molecular flexibility index (Phi) is 7.42. The van der Waals surface area contributed by atoms with Crippen LogP contribution >= 0.6 is 0 Å². The molecular weight excluding hydrogens is 687 g/mol. The summed E-state index contributed by atoms with van der Waals surface area (Å²) in [4.78, 5) is 15.4. The van der Waals surface area contributed by atoms with E-state index in [-0.39, 0.29) is 0 Å². The molecule has 0 N–H and O–H groups in total. The lowest BCUT2D eigenvalue weighted by Crippen LogP contribution is -2.00. The van der Waals surface area contributed by atoms with Gasteiger partial charge in [0.1, 0.15) is 22.3 Å². The molecule has 5 nitrogen and oxygen atoms in total. The van der Waals surface area contributed by atoms with Crippen LogP contribution in [-0.4, -0.2) is 15.0 Å². The molecule has 8 aromatic carbocycles. The maximum Gasteiger partial charge on any atom is 0.164 e. The monoisotopic (exact) mass is 717 g/mol. The van der Waals surface area contributed by atoms with Crippen molar-refractivity contribution >= 4 is 43.9 Å². The molecule has 5 heteroatoms. The van der Waals surface area contributed by atoms with Crippen LogP contribution in [0.15, 0.2) is 197 Å². The average Bonchev–Trinajstić information content (AvgIpc) is 3.86. The summed E-state index contributed by atoms with van der Waals surface area (Å²) in [6.07, 6.45) is 0. The fraction of sp³-hybridized carbons (Fsp3) is 0. The lowest BCUT2D eigenvalue weighted by Gasteiger charge is -2.10. The molecule has 56 heavy (non-hydrogen) atoms. The lowest BCUT2D eigenvalue weighted by atomic mass is 9.93. The standard InChI is InChI=1S/C51H31N3O2/c1-4-15-32(16-5-1)35-21-12-22-36(29-35)50-52-49(34-19-8-3-9-20-34)53-51(54-50)41-26-14-28-44-47(41)40-25-13-24-38(48(40)56-44)42-30-37(33-17-6-2-7-18-33)31-45-46(42)39-23-10-11-27-43(39)55-45/h1-31H. The Morgan fingerprint density at radius 2 is 0.821 bits per heavy atom. The Bertz CT molecular complexity index is 3240. The third-order valence-electron chi connectivity index (χ3n) is 10.5. The topological polar surface area (TPSA) is 65.0 Å². The number of aromatic nitrogens is 3. The quantitative estimate of drug-likeness (QED) is 0.171. The molecule has 0 radical (unpaired) electrons. The third kappa shape index (κ3) is 5.37. The number of benzene rings is 8. The minimum absolute atomic E-state index is 0.576. The Labute approximate surface area is 322 Å². The molecule has 0 saturated carbocycles. The van der Waals surface area contributed by atoms with Gasteiger partial charge in [0.2, 0.25) is 0 Å². The minimum atomic E-state index is 0.576. The van der Waals surface area contributed by atoms with Crippen LogP contribution in [-0.2, 0) is 0 Å². The molecule has 0 aliphatic heterocycles. The normalized spacial score (nSPS) is 11.6. The molecule has 11 rings (SSSR count). The Morgan fingerprint density at radius 1 is 0.286 bits per heavy atom. The first-order valence-corrected chi connectivity index (χ1v) is 18.7. The molecule has 0 aliphatic rings. The van der Waals surface area contributed by atoms with Crippen molar-refractivity contribution in [3.8, 4) is 67.5 Å². The van der Waals surface area contributed by atoms with Crippen molar-refractivity contribution in [1.29, 1.82) is 0 Å². The molecular formula is C51H31N3O2. The molecule has 0 amide bonds. The number of hydrogen-bond donors (Lipinski definition) is 0. The zero-order chi connectivity index (χ0) is 37.0. The number of hydrogen-bond acceptors (Lipinski definition) is 5. The van der Waals surface area contributed by atoms with Gasteiger partial charge in [-0.05, 0) is 58.1 Å². The van der Waals surface area contributed by atoms with Gasteiger partial charge in [0.15, 0.2) is 17.5 Å². The molecule has 11 aromatic rings. The van der Waals surface area contributed by atoms with Crippen molar-refractivity contribution in [1.82, 2.24) is 15.0 Å². The predicted molar refractivity (Wildman–Crippen MR) is 227 cm³/mol. The lowest BCUT2D eigenvalue weighted by molar-refractivity contribution is 0.669. The molecule has 262 valence electrons. The number of furan rings is 2. The van der Waals surface area contributed by atoms with Crippen molar-refractivity contribution in [3.63, 3.8) is 0 Å². The van der Waals surface area contributed by atoms with Crippen molar-refractivity contribution in [2.45, 2.75) is 0 Å². The fourth-order valence-corrected chi connectivity index (χ4v) is 7.92. The first kappa shape index (κ1) is 31.9. The van der Waals surface area contributed by atoms with E-state index in [1.807, 2.05) is 66.7 Å². The zero-order valence-electron chi connectivity index (χ0n) is 30.1. The second kappa shape index (κ2) is 13.0. The maximum atomic E-state index is 6.88. The predicted octanol–water partition coefficient (Wildman–Crippen LogP) is 13.7. The van der Waals surface area contributed by atoms with Gasteiger partial charge in [-0.25, -0.2) is 15.0 Å². The Hall–Kier alpha value is -7.63. The first-order chi connectivity index (χ1) is 27.7. The van der Waals surface area contributed by atoms with Crippen LogP contribution in [0.4, 0.5) is 0 Å². The van der Waals surface area contributed by atoms with Crippen molar-refractivity contribution in [2.75, 3.05) is 0 Å². The van der Waals surface area contributed by atoms with E-state index < -0.39 is 0 Å². The van der Waals surface area contributed by atoms with Gasteiger partial charge >= 0.3 is 0 Å². The Balaban J connectivity index is 1.14. The van der Waals surface area contributed by atoms with Crippen LogP contribution in [0.3, 0.4) is 0 Å². The number of rotatable bonds is 6. The van der Waals surface area contributed by atoms with Crippen molar-refractivity contribution < 1.29 is 8.83 Å². The van der Waals surface area contributed by atoms with Crippen molar-refractivity contribution in [3.05, 3.63) is 188 Å². The second-order valence-electron chi connectivity index (χ2n) is 13.9. The summed E-state index contributed by atoms with van der Waals surface area (Å²) in [5.74, 6) is 1.78. The highest BCUT2D eigenvalue weighted by Gasteiger charge is 2.22. The third-order valence-corrected chi connectivity index (χ3v) is 10.5. The molecule has 0 saturated heterocycles. The van der Waals surface area contributed by atoms with E-state index in [0.29, 0.717) is 17.5 Å². The molecule has 0 bridgehead atoms. The van der Waals surface area contributed by atoms with Crippen LogP contribution in [0, 0.1) is 0 Å². The van der Waals surface area contributed by atoms with Gasteiger partial charge in [0.05, 0.1) is 0 Å². The highest BCUT2D eigenvalue weighted by Crippen LogP contribution is 2.45. The molecule has 0 unspecified atom stereocenters. The van der Waals surface area contributed by atoms with Crippen LogP contribution in [0.2, 0.25) is 0 Å². The summed E-state index contributed by atoms with van der Waals surface area (Å²) in [5, 5.41) is 4.05. The summed E-state index contributed by atoms with van der Waals surface area (Å²) < 4.78 is 13.4. The summed E-state index contributed by atoms with van der Waals surface area (Å²) in [5.41, 5.74) is 12.4. The summed E-state index contributed by atoms with van der Waals surface area (Å²) in [6.45, 7) is 0. The van der Waals surface area contributed by atoms with E-state index in [2.05, 4.69) is 121 Å². The van der Waals surface area contributed by atoms with Crippen molar-refractivity contribution in [2.24, 2.45) is 0 Å². The highest BCUT2D eigenvalue weighted by atomic mass is 16.3. The molecule has 0 aliphatic carbocycles. The maximum absolute atomic E-state index is 6.88. The summed E-state index contributed by atoms with van der Waals surface area (Å²) >= 11 is 0. The minimum Gasteiger partial charge on any atom is -0.456 e. The van der Waals surface area contributed by atoms with Crippen LogP contribution < -0.4 is 0 Å². The van der Waals surface area contributed by atoms with Gasteiger partial charge < -0.3 is 8.83 Å². The van der Waals surface area contributed by atoms with Gasteiger partial charge in [-0.2, -0.15) is 0 Å². The average molecular weight is 718 g/mol. The summed E-state index contributed by atoms with van der Waals surface area (Å²) in [7, 11) is 0. The van der Waals surface area contributed by atoms with Gasteiger partial charge in [0, 0.05) is 43.8 Å². The van der Waals surface area contributed by atoms with E-state index in [4.69, 9.17) is 23.8 Å². The summed E-state index contributed by atoms with van der Waals surface area (Å²) in [6, 6.07) is 64.4. The van der Waals surface area contributed by atoms with E-state index in [1.165, 1.54) is 0 Å². The molecule has 0 atom stereocenters. The zero-order valence-corrected chi connectivity index (χ0v) is 30.1. The van der Waals surface area contributed by atoms with E-state index in [1.54, 1.807) is 0 Å². The largest absolute Gasteiger partial charge is 0.456 e. The fourth-order valence-electron chi connectivity index (χ4n) is 7.92. The number of fused-ring (bicyclic) bond motifs is 6. The number of nitrogens with zero attached hydrogens (tertiary/aromatic N) is 3. The molecule has 0 fully saturated rings. The van der Waals surface area contributed by atoms with Crippen LogP contribution in [0.25, 0.3) is 111 Å². The second-order valence-corrected chi connectivity index (χ2v) is 13.9. The van der Waals surface area contributed by atoms with Gasteiger partial charge in [-0.3, -0.25) is 0 Å². The van der Waals surface area contributed by atoms with E-state index >= 15 is 0 Å². The van der Waals surface area contributed by atoms with Gasteiger partial charge in [0.25, 0.3) is 0 Å². The van der Waals surface area contributed by atoms with Gasteiger partial charge in [-0.1, -0.05) is 158 Å². The van der Waals surface area contributed by atoms with Gasteiger partial charge in [-0.15, -0.1) is 0 Å². The molecule has 3 aromatic heterocycles. The first-order valence-electron chi connectivity index (χ1n) is 18.7. The smallest absolute Gasteiger partial charge is 0.164 e. The Morgan fingerprint density at radius 3 is 1.61 bits per heavy atom. The van der Waals surface area contributed by atoms with Crippen LogP contribution in [0.1, 0.15) is 0 Å². The van der Waals surface area contributed by atoms with E-state index in [9.17, 15) is 0 Å². The highest BCUT2D eigenvalue weighted by molar-refractivity contribution is 6.19. The SMILES string of the molecule is c1ccc(-c2cccc(-c3nc(-c4ccccc4)nc(-c4cccc5oc6c(-c7cc(-c8ccccc8)cc8oc9ccccc9c78)cccc6c45)n3)c2)cc1. The molecule has 3 heterocycles. The van der Waals surface area contributed by atoms with Crippen LogP contribution in [0.5, 0.6) is 0 Å². The molecule has 0 spiro atoms.